The van der Waals surface area contributed by atoms with Crippen LogP contribution >= 0.6 is 0 Å². The largest absolute Gasteiger partial charge is 0.352 e. The Bertz CT molecular complexity index is 565. The van der Waals surface area contributed by atoms with E-state index in [1.165, 1.54) is 0 Å². The van der Waals surface area contributed by atoms with E-state index >= 15 is 0 Å². The second kappa shape index (κ2) is 7.19. The van der Waals surface area contributed by atoms with Crippen molar-refractivity contribution in [2.24, 2.45) is 0 Å². The van der Waals surface area contributed by atoms with Gasteiger partial charge in [0.2, 0.25) is 0 Å². The van der Waals surface area contributed by atoms with Gasteiger partial charge in [0.05, 0.1) is 5.69 Å². The van der Waals surface area contributed by atoms with Gasteiger partial charge in [-0.15, -0.1) is 0 Å². The van der Waals surface area contributed by atoms with Gasteiger partial charge in [0.1, 0.15) is 6.29 Å². The van der Waals surface area contributed by atoms with Crippen LogP contribution in [0.15, 0.2) is 48.7 Å². The second-order valence-corrected chi connectivity index (χ2v) is 4.36. The Morgan fingerprint density at radius 2 is 1.95 bits per heavy atom. The molecule has 0 radical (unpaired) electrons. The number of aromatic nitrogens is 1. The molecule has 1 aromatic carbocycles. The third-order valence-electron chi connectivity index (χ3n) is 2.89. The standard InChI is InChI=1S/C16H16N2O2/c19-12-4-3-11-18-16(20)14-8-6-13(7-9-14)15-5-1-2-10-17-15/h1-2,5-10,12H,3-4,11H2,(H,18,20). The minimum absolute atomic E-state index is 0.122. The highest BCUT2D eigenvalue weighted by Crippen LogP contribution is 2.16. The molecule has 0 fully saturated rings. The number of amides is 1. The van der Waals surface area contributed by atoms with Crippen LogP contribution in [0.2, 0.25) is 0 Å². The van der Waals surface area contributed by atoms with Gasteiger partial charge in [-0.25, -0.2) is 0 Å². The Labute approximate surface area is 117 Å². The number of pyridine rings is 1. The highest BCUT2D eigenvalue weighted by Gasteiger charge is 2.05. The zero-order valence-corrected chi connectivity index (χ0v) is 11.1. The fourth-order valence-corrected chi connectivity index (χ4v) is 1.82. The molecule has 1 N–H and O–H groups in total. The van der Waals surface area contributed by atoms with Gasteiger partial charge in [0, 0.05) is 30.3 Å². The third-order valence-corrected chi connectivity index (χ3v) is 2.89. The molecule has 0 aliphatic rings. The van der Waals surface area contributed by atoms with E-state index < -0.39 is 0 Å². The maximum atomic E-state index is 11.8. The van der Waals surface area contributed by atoms with E-state index in [1.807, 2.05) is 30.3 Å². The molecule has 0 saturated carbocycles. The van der Waals surface area contributed by atoms with E-state index in [0.29, 0.717) is 24.9 Å². The molecule has 4 nitrogen and oxygen atoms in total. The van der Waals surface area contributed by atoms with Gasteiger partial charge < -0.3 is 10.1 Å². The van der Waals surface area contributed by atoms with Crippen LogP contribution in [0.3, 0.4) is 0 Å². The molecule has 0 aliphatic heterocycles. The molecule has 2 rings (SSSR count). The summed E-state index contributed by atoms with van der Waals surface area (Å²) in [6.07, 6.45) is 3.73. The Morgan fingerprint density at radius 3 is 2.60 bits per heavy atom. The van der Waals surface area contributed by atoms with Gasteiger partial charge in [-0.05, 0) is 30.7 Å². The Kier molecular flexibility index (Phi) is 5.00. The smallest absolute Gasteiger partial charge is 0.251 e. The van der Waals surface area contributed by atoms with Gasteiger partial charge in [-0.3, -0.25) is 9.78 Å². The van der Waals surface area contributed by atoms with E-state index in [2.05, 4.69) is 10.3 Å². The van der Waals surface area contributed by atoms with E-state index in [1.54, 1.807) is 18.3 Å². The van der Waals surface area contributed by atoms with Gasteiger partial charge >= 0.3 is 0 Å². The third kappa shape index (κ3) is 3.75. The fraction of sp³-hybridized carbons (Fsp3) is 0.188. The first kappa shape index (κ1) is 13.9. The van der Waals surface area contributed by atoms with Crippen molar-refractivity contribution >= 4 is 12.2 Å². The quantitative estimate of drug-likeness (QED) is 0.646. The summed E-state index contributed by atoms with van der Waals surface area (Å²) in [5.41, 5.74) is 2.46. The molecular weight excluding hydrogens is 252 g/mol. The van der Waals surface area contributed by atoms with Crippen molar-refractivity contribution in [3.8, 4) is 11.3 Å². The van der Waals surface area contributed by atoms with Crippen LogP contribution in [0.25, 0.3) is 11.3 Å². The number of carbonyl (C=O) groups is 2. The van der Waals surface area contributed by atoms with E-state index in [-0.39, 0.29) is 5.91 Å². The van der Waals surface area contributed by atoms with Crippen LogP contribution in [-0.2, 0) is 4.79 Å². The molecule has 0 atom stereocenters. The van der Waals surface area contributed by atoms with Gasteiger partial charge in [-0.1, -0.05) is 18.2 Å². The minimum Gasteiger partial charge on any atom is -0.352 e. The van der Waals surface area contributed by atoms with Gasteiger partial charge in [-0.2, -0.15) is 0 Å². The van der Waals surface area contributed by atoms with Crippen molar-refractivity contribution in [2.75, 3.05) is 6.54 Å². The first-order chi connectivity index (χ1) is 9.81. The van der Waals surface area contributed by atoms with Crippen molar-refractivity contribution in [3.05, 3.63) is 54.2 Å². The number of nitrogens with one attached hydrogen (secondary N) is 1. The summed E-state index contributed by atoms with van der Waals surface area (Å²) in [6, 6.07) is 13.0. The zero-order chi connectivity index (χ0) is 14.2. The number of nitrogens with zero attached hydrogens (tertiary/aromatic N) is 1. The van der Waals surface area contributed by atoms with E-state index in [9.17, 15) is 9.59 Å². The van der Waals surface area contributed by atoms with Crippen LogP contribution in [-0.4, -0.2) is 23.7 Å². The second-order valence-electron chi connectivity index (χ2n) is 4.36. The predicted octanol–water partition coefficient (Wildman–Crippen LogP) is 2.46. The molecule has 1 aromatic heterocycles. The molecule has 0 aliphatic carbocycles. The summed E-state index contributed by atoms with van der Waals surface area (Å²) in [4.78, 5) is 26.3. The first-order valence-electron chi connectivity index (χ1n) is 6.54. The molecule has 0 saturated heterocycles. The lowest BCUT2D eigenvalue weighted by Crippen LogP contribution is -2.24. The fourth-order valence-electron chi connectivity index (χ4n) is 1.82. The minimum atomic E-state index is -0.122. The summed E-state index contributed by atoms with van der Waals surface area (Å²) < 4.78 is 0. The topological polar surface area (TPSA) is 59.1 Å². The van der Waals surface area contributed by atoms with Gasteiger partial charge in [0.15, 0.2) is 0 Å². The number of hydrogen-bond donors (Lipinski definition) is 1. The average Bonchev–Trinajstić information content (AvgIpc) is 2.52. The highest BCUT2D eigenvalue weighted by molar-refractivity contribution is 5.94. The van der Waals surface area contributed by atoms with Crippen molar-refractivity contribution in [1.29, 1.82) is 0 Å². The lowest BCUT2D eigenvalue weighted by molar-refractivity contribution is -0.107. The van der Waals surface area contributed by atoms with Crippen LogP contribution < -0.4 is 5.32 Å². The lowest BCUT2D eigenvalue weighted by Gasteiger charge is -2.05. The molecule has 2 aromatic rings. The van der Waals surface area contributed by atoms with E-state index in [4.69, 9.17) is 0 Å². The average molecular weight is 268 g/mol. The lowest BCUT2D eigenvalue weighted by atomic mass is 10.1. The number of rotatable bonds is 6. The monoisotopic (exact) mass is 268 g/mol. The summed E-state index contributed by atoms with van der Waals surface area (Å²) in [5, 5.41) is 2.78. The normalized spacial score (nSPS) is 10.0. The molecule has 0 unspecified atom stereocenters. The molecule has 102 valence electrons. The summed E-state index contributed by atoms with van der Waals surface area (Å²) in [7, 11) is 0. The van der Waals surface area contributed by atoms with Crippen LogP contribution in [0.5, 0.6) is 0 Å². The Morgan fingerprint density at radius 1 is 1.15 bits per heavy atom. The molecule has 0 bridgehead atoms. The number of carbonyl (C=O) groups excluding carboxylic acids is 2. The Balaban J connectivity index is 1.97. The number of aldehydes is 1. The van der Waals surface area contributed by atoms with Crippen molar-refractivity contribution < 1.29 is 9.59 Å². The first-order valence-corrected chi connectivity index (χ1v) is 6.54. The van der Waals surface area contributed by atoms with Crippen molar-refractivity contribution in [3.63, 3.8) is 0 Å². The van der Waals surface area contributed by atoms with Crippen molar-refractivity contribution in [2.45, 2.75) is 12.8 Å². The zero-order valence-electron chi connectivity index (χ0n) is 11.1. The number of hydrogen-bond acceptors (Lipinski definition) is 3. The highest BCUT2D eigenvalue weighted by atomic mass is 16.1. The molecule has 1 heterocycles. The van der Waals surface area contributed by atoms with E-state index in [0.717, 1.165) is 17.5 Å². The molecule has 20 heavy (non-hydrogen) atoms. The number of unbranched alkanes of at least 4 members (excludes halogenated alkanes) is 1. The van der Waals surface area contributed by atoms with Gasteiger partial charge in [0.25, 0.3) is 5.91 Å². The van der Waals surface area contributed by atoms with Crippen LogP contribution in [0.1, 0.15) is 23.2 Å². The number of benzene rings is 1. The molecule has 0 spiro atoms. The summed E-state index contributed by atoms with van der Waals surface area (Å²) in [6.45, 7) is 0.513. The summed E-state index contributed by atoms with van der Waals surface area (Å²) in [5.74, 6) is -0.122. The summed E-state index contributed by atoms with van der Waals surface area (Å²) >= 11 is 0. The van der Waals surface area contributed by atoms with Crippen LogP contribution in [0.4, 0.5) is 0 Å². The SMILES string of the molecule is O=CCCCNC(=O)c1ccc(-c2ccccn2)cc1. The maximum absolute atomic E-state index is 11.8. The Hall–Kier alpha value is -2.49. The predicted molar refractivity (Wildman–Crippen MR) is 77.3 cm³/mol. The molecule has 4 heteroatoms. The van der Waals surface area contributed by atoms with Crippen molar-refractivity contribution in [1.82, 2.24) is 10.3 Å². The maximum Gasteiger partial charge on any atom is 0.251 e. The molecular formula is C16H16N2O2. The van der Waals surface area contributed by atoms with Crippen LogP contribution in [0, 0.1) is 0 Å². The molecule has 1 amide bonds.